The van der Waals surface area contributed by atoms with Crippen LogP contribution in [0.25, 0.3) is 0 Å². The topological polar surface area (TPSA) is 307 Å². The zero-order valence-electron chi connectivity index (χ0n) is 37.4. The van der Waals surface area contributed by atoms with Gasteiger partial charge in [0.2, 0.25) is 0 Å². The molecule has 0 aromatic carbocycles. The summed E-state index contributed by atoms with van der Waals surface area (Å²) in [6, 6.07) is 0. The minimum atomic E-state index is -1.71. The molecule has 4 saturated heterocycles. The summed E-state index contributed by atoms with van der Waals surface area (Å²) >= 11 is 0. The highest BCUT2D eigenvalue weighted by molar-refractivity contribution is 5.27. The molecule has 7 fully saturated rings. The highest BCUT2D eigenvalue weighted by atomic mass is 16.8. The third kappa shape index (κ3) is 8.47. The van der Waals surface area contributed by atoms with E-state index in [2.05, 4.69) is 26.8 Å². The van der Waals surface area contributed by atoms with Crippen molar-refractivity contribution in [2.45, 2.75) is 202 Å². The summed E-state index contributed by atoms with van der Waals surface area (Å²) in [4.78, 5) is 0. The third-order valence-electron chi connectivity index (χ3n) is 17.4. The summed E-state index contributed by atoms with van der Waals surface area (Å²) in [6.07, 6.45) is -15.8. The summed E-state index contributed by atoms with van der Waals surface area (Å²) in [5, 5.41) is 127. The van der Waals surface area contributed by atoms with Crippen LogP contribution in [0.3, 0.4) is 0 Å². The Bertz CT molecular complexity index is 1640. The van der Waals surface area contributed by atoms with Gasteiger partial charge in [0.15, 0.2) is 24.7 Å². The monoisotopic (exact) mass is 918 g/mol. The second kappa shape index (κ2) is 18.7. The van der Waals surface area contributed by atoms with Crippen molar-refractivity contribution in [3.63, 3.8) is 0 Å². The van der Waals surface area contributed by atoms with Gasteiger partial charge in [-0.1, -0.05) is 39.3 Å². The number of aliphatic hydroxyl groups is 12. The van der Waals surface area contributed by atoms with Gasteiger partial charge in [0, 0.05) is 12.3 Å². The van der Waals surface area contributed by atoms with Crippen molar-refractivity contribution in [2.24, 2.45) is 46.3 Å². The van der Waals surface area contributed by atoms with Gasteiger partial charge in [-0.05, 0) is 92.3 Å². The van der Waals surface area contributed by atoms with Crippen LogP contribution in [0.4, 0.5) is 0 Å². The Morgan fingerprint density at radius 3 is 2.09 bits per heavy atom. The predicted molar refractivity (Wildman–Crippen MR) is 219 cm³/mol. The molecule has 12 N–H and O–H groups in total. The van der Waals surface area contributed by atoms with Crippen LogP contribution in [-0.4, -0.2) is 197 Å². The third-order valence-corrected chi connectivity index (χ3v) is 17.4. The van der Waals surface area contributed by atoms with Crippen LogP contribution in [0.15, 0.2) is 11.6 Å². The average molecular weight is 919 g/mol. The second-order valence-electron chi connectivity index (χ2n) is 21.2. The molecule has 368 valence electrons. The van der Waals surface area contributed by atoms with Crippen molar-refractivity contribution in [2.75, 3.05) is 19.8 Å². The SMILES string of the molecule is C[C@@H](CC[C@@]1(O)O[C@H]2C[C@H]3[C@@H]4CC=C5C[C@@H](O[C@@H]6O[C@H](CO)[C@@H](O)[C@H](O)[C@H]6O[C@@H]6O[C@@H](C)[C@H](O)[C@@H](O)[C@H]6O)[C@H](O)C[C@]5(C)[C@H]4CC[C@]3(C)[C@H]2[C@@H]1C)CO[C@@H]1O[C@H](CO)[C@@H](O)[C@H](O)[C@H]1O. The van der Waals surface area contributed by atoms with Crippen LogP contribution in [-0.2, 0) is 33.2 Å². The first-order valence-electron chi connectivity index (χ1n) is 23.5. The number of hydrogen-bond acceptors (Lipinski definition) is 19. The Hall–Kier alpha value is -1.02. The van der Waals surface area contributed by atoms with Gasteiger partial charge < -0.3 is 94.4 Å². The molecule has 8 rings (SSSR count). The highest BCUT2D eigenvalue weighted by Crippen LogP contribution is 2.70. The zero-order valence-corrected chi connectivity index (χ0v) is 37.4. The summed E-state index contributed by atoms with van der Waals surface area (Å²) in [6.45, 7) is 9.06. The van der Waals surface area contributed by atoms with E-state index in [0.717, 1.165) is 31.3 Å². The van der Waals surface area contributed by atoms with E-state index in [1.54, 1.807) is 0 Å². The standard InChI is InChI=1S/C45H74O19/c1-18(17-58-40-37(55)35(53)32(50)28(15-46)61-40)8-11-45(57)19(2)30-27(64-45)13-24-22-7-6-21-12-26(25(48)14-44(21,5)23(22)9-10-43(24,30)4)60-42-39(36(54)33(51)29(16-47)62-42)63-41-38(56)34(52)31(49)20(3)59-41/h6,18-20,22-42,46-57H,7-17H2,1-5H3/t18-,19-,20-,22+,23-,24-,25+,26+,27-,28+,29+,30-,31-,32+,33+,34+,35-,36-,37+,38+,39+,40+,41-,42+,43-,44-,45+/m0/s1. The first kappa shape index (κ1) is 49.4. The van der Waals surface area contributed by atoms with E-state index in [9.17, 15) is 61.3 Å². The maximum absolute atomic E-state index is 12.0. The summed E-state index contributed by atoms with van der Waals surface area (Å²) in [5.74, 6) is -0.499. The summed E-state index contributed by atoms with van der Waals surface area (Å²) in [7, 11) is 0. The molecule has 0 unspecified atom stereocenters. The Labute approximate surface area is 373 Å². The van der Waals surface area contributed by atoms with Gasteiger partial charge in [-0.25, -0.2) is 0 Å². The van der Waals surface area contributed by atoms with Crippen molar-refractivity contribution >= 4 is 0 Å². The van der Waals surface area contributed by atoms with Crippen molar-refractivity contribution in [1.29, 1.82) is 0 Å². The minimum Gasteiger partial charge on any atom is -0.394 e. The fourth-order valence-corrected chi connectivity index (χ4v) is 13.6. The molecular weight excluding hydrogens is 844 g/mol. The molecule has 4 aliphatic carbocycles. The molecular formula is C45H74O19. The van der Waals surface area contributed by atoms with Crippen LogP contribution in [0, 0.1) is 46.3 Å². The van der Waals surface area contributed by atoms with Gasteiger partial charge in [-0.2, -0.15) is 0 Å². The average Bonchev–Trinajstić information content (AvgIpc) is 3.70. The number of rotatable bonds is 12. The molecule has 27 atom stereocenters. The van der Waals surface area contributed by atoms with Gasteiger partial charge in [0.05, 0.1) is 44.2 Å². The lowest BCUT2D eigenvalue weighted by atomic mass is 9.46. The molecule has 8 aliphatic rings. The number of fused-ring (bicyclic) bond motifs is 7. The smallest absolute Gasteiger partial charge is 0.187 e. The lowest BCUT2D eigenvalue weighted by Gasteiger charge is -2.59. The fourth-order valence-electron chi connectivity index (χ4n) is 13.6. The van der Waals surface area contributed by atoms with E-state index in [1.807, 2.05) is 6.92 Å². The number of aliphatic hydroxyl groups excluding tert-OH is 11. The van der Waals surface area contributed by atoms with Gasteiger partial charge in [-0.3, -0.25) is 0 Å². The normalized spacial score (nSPS) is 55.5. The molecule has 0 aromatic rings. The van der Waals surface area contributed by atoms with Crippen LogP contribution >= 0.6 is 0 Å². The molecule has 0 radical (unpaired) electrons. The Kier molecular flexibility index (Phi) is 14.4. The van der Waals surface area contributed by atoms with Crippen LogP contribution in [0.1, 0.15) is 86.0 Å². The molecule has 19 heteroatoms. The lowest BCUT2D eigenvalue weighted by Crippen LogP contribution is -2.64. The Morgan fingerprint density at radius 2 is 1.41 bits per heavy atom. The quantitative estimate of drug-likeness (QED) is 0.0956. The van der Waals surface area contributed by atoms with Gasteiger partial charge >= 0.3 is 0 Å². The minimum absolute atomic E-state index is 0.0759. The first-order chi connectivity index (χ1) is 30.2. The first-order valence-corrected chi connectivity index (χ1v) is 23.5. The van der Waals surface area contributed by atoms with Crippen molar-refractivity contribution in [3.05, 3.63) is 11.6 Å². The van der Waals surface area contributed by atoms with Crippen LogP contribution in [0.5, 0.6) is 0 Å². The largest absolute Gasteiger partial charge is 0.394 e. The lowest BCUT2D eigenvalue weighted by molar-refractivity contribution is -0.372. The molecule has 0 amide bonds. The van der Waals surface area contributed by atoms with Crippen molar-refractivity contribution in [3.8, 4) is 0 Å². The second-order valence-corrected chi connectivity index (χ2v) is 21.2. The number of allylic oxidation sites excluding steroid dienone is 1. The van der Waals surface area contributed by atoms with E-state index < -0.39 is 123 Å². The van der Waals surface area contributed by atoms with E-state index in [-0.39, 0.29) is 47.2 Å². The van der Waals surface area contributed by atoms with Crippen LogP contribution in [0.2, 0.25) is 0 Å². The van der Waals surface area contributed by atoms with E-state index in [4.69, 9.17) is 33.2 Å². The van der Waals surface area contributed by atoms with Gasteiger partial charge in [-0.15, -0.1) is 0 Å². The summed E-state index contributed by atoms with van der Waals surface area (Å²) in [5.41, 5.74) is 0.721. The van der Waals surface area contributed by atoms with Crippen LogP contribution < -0.4 is 0 Å². The van der Waals surface area contributed by atoms with Gasteiger partial charge in [0.1, 0.15) is 67.1 Å². The summed E-state index contributed by atoms with van der Waals surface area (Å²) < 4.78 is 41.8. The van der Waals surface area contributed by atoms with E-state index >= 15 is 0 Å². The number of hydrogen-bond donors (Lipinski definition) is 12. The predicted octanol–water partition coefficient (Wildman–Crippen LogP) is -1.86. The molecule has 19 nitrogen and oxygen atoms in total. The van der Waals surface area contributed by atoms with Gasteiger partial charge in [0.25, 0.3) is 0 Å². The molecule has 4 heterocycles. The van der Waals surface area contributed by atoms with E-state index in [0.29, 0.717) is 37.5 Å². The Morgan fingerprint density at radius 1 is 0.766 bits per heavy atom. The highest BCUT2D eigenvalue weighted by Gasteiger charge is 2.68. The Balaban J connectivity index is 0.900. The number of ether oxygens (including phenoxy) is 7. The molecule has 4 aliphatic heterocycles. The molecule has 3 saturated carbocycles. The maximum Gasteiger partial charge on any atom is 0.187 e. The van der Waals surface area contributed by atoms with Crippen molar-refractivity contribution < 1.29 is 94.4 Å². The molecule has 0 spiro atoms. The maximum atomic E-state index is 12.0. The zero-order chi connectivity index (χ0) is 46.4. The molecule has 64 heavy (non-hydrogen) atoms. The fraction of sp³-hybridized carbons (Fsp3) is 0.956. The van der Waals surface area contributed by atoms with E-state index in [1.165, 1.54) is 6.92 Å². The molecule has 0 aromatic heterocycles. The molecule has 0 bridgehead atoms. The van der Waals surface area contributed by atoms with Crippen molar-refractivity contribution in [1.82, 2.24) is 0 Å².